The number of allylic oxidation sites excluding steroid dienone is 1. The van der Waals surface area contributed by atoms with Crippen LogP contribution in [0.1, 0.15) is 47.7 Å². The maximum absolute atomic E-state index is 14.0. The number of nitriles is 1. The zero-order chi connectivity index (χ0) is 30.0. The Morgan fingerprint density at radius 3 is 2.50 bits per heavy atom. The van der Waals surface area contributed by atoms with Crippen LogP contribution in [0.4, 0.5) is 0 Å². The van der Waals surface area contributed by atoms with Gasteiger partial charge in [0.15, 0.2) is 4.80 Å². The third-order valence-electron chi connectivity index (χ3n) is 6.70. The summed E-state index contributed by atoms with van der Waals surface area (Å²) in [4.78, 5) is 32.3. The third-order valence-corrected chi connectivity index (χ3v) is 8.73. The van der Waals surface area contributed by atoms with Crippen molar-refractivity contribution in [2.75, 3.05) is 6.61 Å². The van der Waals surface area contributed by atoms with Crippen molar-refractivity contribution in [3.8, 4) is 11.8 Å². The highest BCUT2D eigenvalue weighted by atomic mass is 79.9. The number of aryl methyl sites for hydroxylation is 1. The highest BCUT2D eigenvalue weighted by Crippen LogP contribution is 2.34. The zero-order valence-corrected chi connectivity index (χ0v) is 27.0. The van der Waals surface area contributed by atoms with E-state index in [4.69, 9.17) is 14.7 Å². The number of hydrogen-bond acceptors (Lipinski definition) is 7. The Balaban J connectivity index is 1.62. The van der Waals surface area contributed by atoms with Crippen LogP contribution in [0, 0.1) is 18.3 Å². The molecule has 1 aliphatic heterocycles. The van der Waals surface area contributed by atoms with Crippen molar-refractivity contribution in [3.05, 3.63) is 128 Å². The van der Waals surface area contributed by atoms with Gasteiger partial charge in [0.05, 0.1) is 44.6 Å². The van der Waals surface area contributed by atoms with Crippen molar-refractivity contribution in [1.82, 2.24) is 4.57 Å². The lowest BCUT2D eigenvalue weighted by Crippen LogP contribution is -2.39. The number of nitrogens with zero attached hydrogens (tertiary/aromatic N) is 3. The van der Waals surface area contributed by atoms with E-state index >= 15 is 0 Å². The number of halogens is 2. The fourth-order valence-electron chi connectivity index (χ4n) is 4.67. The lowest BCUT2D eigenvalue weighted by atomic mass is 9.95. The minimum atomic E-state index is -0.676. The summed E-state index contributed by atoms with van der Waals surface area (Å²) in [7, 11) is 0. The van der Waals surface area contributed by atoms with Crippen molar-refractivity contribution in [3.63, 3.8) is 0 Å². The molecule has 1 aromatic heterocycles. The number of ether oxygens (including phenoxy) is 2. The predicted octanol–water partition coefficient (Wildman–Crippen LogP) is 6.08. The molecule has 0 fully saturated rings. The number of carbonyl (C=O) groups is 1. The number of thiazole rings is 1. The first-order valence-corrected chi connectivity index (χ1v) is 15.5. The molecule has 0 saturated heterocycles. The molecule has 1 aliphatic rings. The van der Waals surface area contributed by atoms with Gasteiger partial charge in [-0.25, -0.2) is 9.79 Å². The van der Waals surface area contributed by atoms with Crippen LogP contribution in [-0.4, -0.2) is 17.1 Å². The first-order chi connectivity index (χ1) is 20.2. The monoisotopic (exact) mass is 705 g/mol. The van der Waals surface area contributed by atoms with Gasteiger partial charge in [-0.15, -0.1) is 0 Å². The van der Waals surface area contributed by atoms with Gasteiger partial charge in [0.25, 0.3) is 5.56 Å². The summed E-state index contributed by atoms with van der Waals surface area (Å²) in [6, 6.07) is 20.1. The van der Waals surface area contributed by atoms with Gasteiger partial charge in [-0.1, -0.05) is 69.2 Å². The molecule has 0 spiro atoms. The van der Waals surface area contributed by atoms with E-state index in [0.29, 0.717) is 42.0 Å². The molecule has 0 amide bonds. The normalized spacial score (nSPS) is 14.7. The fourth-order valence-corrected chi connectivity index (χ4v) is 7.08. The van der Waals surface area contributed by atoms with Crippen molar-refractivity contribution in [2.24, 2.45) is 4.99 Å². The number of aromatic nitrogens is 1. The van der Waals surface area contributed by atoms with Gasteiger partial charge in [0, 0.05) is 10.0 Å². The van der Waals surface area contributed by atoms with Gasteiger partial charge in [-0.3, -0.25) is 9.36 Å². The highest BCUT2D eigenvalue weighted by molar-refractivity contribution is 9.11. The molecule has 5 rings (SSSR count). The lowest BCUT2D eigenvalue weighted by Gasteiger charge is -2.24. The Morgan fingerprint density at radius 1 is 1.12 bits per heavy atom. The topological polar surface area (TPSA) is 93.7 Å². The third kappa shape index (κ3) is 6.04. The molecular weight excluding hydrogens is 682 g/mol. The summed E-state index contributed by atoms with van der Waals surface area (Å²) >= 11 is 8.40. The van der Waals surface area contributed by atoms with Crippen molar-refractivity contribution in [2.45, 2.75) is 33.4 Å². The number of rotatable bonds is 7. The Labute approximate surface area is 263 Å². The summed E-state index contributed by atoms with van der Waals surface area (Å²) < 4.78 is 15.1. The molecule has 2 heterocycles. The predicted molar refractivity (Wildman–Crippen MR) is 169 cm³/mol. The molecule has 1 atom stereocenters. The Kier molecular flexibility index (Phi) is 8.92. The van der Waals surface area contributed by atoms with E-state index < -0.39 is 12.0 Å². The molecule has 212 valence electrons. The van der Waals surface area contributed by atoms with Crippen LogP contribution in [-0.2, 0) is 16.1 Å². The standard InChI is InChI=1S/C32H25Br2N3O4S/c1-4-40-31(39)27-19(3)36-32-37(28(27)22-11-5-18(2)6-12-22)30(38)26(42-32)14-23-13-24(33)15-25(34)29(23)41-17-21-9-7-20(16-35)8-10-21/h5-15,28H,4,17H2,1-3H3/b26-14-/t28-/m1/s1. The largest absolute Gasteiger partial charge is 0.487 e. The van der Waals surface area contributed by atoms with E-state index in [-0.39, 0.29) is 18.8 Å². The van der Waals surface area contributed by atoms with Crippen LogP contribution in [0.5, 0.6) is 5.75 Å². The van der Waals surface area contributed by atoms with Crippen LogP contribution in [0.25, 0.3) is 6.08 Å². The number of fused-ring (bicyclic) bond motifs is 1. The average molecular weight is 707 g/mol. The molecule has 0 N–H and O–H groups in total. The molecule has 0 unspecified atom stereocenters. The summed E-state index contributed by atoms with van der Waals surface area (Å²) in [6.45, 7) is 5.99. The Bertz CT molecular complexity index is 1940. The summed E-state index contributed by atoms with van der Waals surface area (Å²) in [5.74, 6) is 0.0693. The zero-order valence-electron chi connectivity index (χ0n) is 23.0. The van der Waals surface area contributed by atoms with E-state index in [1.165, 1.54) is 11.3 Å². The second-order valence-electron chi connectivity index (χ2n) is 9.62. The first-order valence-electron chi connectivity index (χ1n) is 13.1. The van der Waals surface area contributed by atoms with Crippen LogP contribution in [0.15, 0.2) is 90.7 Å². The smallest absolute Gasteiger partial charge is 0.338 e. The number of esters is 1. The molecule has 4 aromatic rings. The SMILES string of the molecule is CCOC(=O)C1=C(C)N=c2s/c(=C\c3cc(Br)cc(Br)c3OCc3ccc(C#N)cc3)c(=O)n2[C@@H]1c1ccc(C)cc1. The van der Waals surface area contributed by atoms with Gasteiger partial charge in [-0.2, -0.15) is 5.26 Å². The van der Waals surface area contributed by atoms with Gasteiger partial charge < -0.3 is 9.47 Å². The summed E-state index contributed by atoms with van der Waals surface area (Å²) in [5, 5.41) is 9.08. The van der Waals surface area contributed by atoms with Crippen molar-refractivity contribution < 1.29 is 14.3 Å². The minimum absolute atomic E-state index is 0.212. The quantitative estimate of drug-likeness (QED) is 0.217. The van der Waals surface area contributed by atoms with Crippen LogP contribution in [0.3, 0.4) is 0 Å². The van der Waals surface area contributed by atoms with Gasteiger partial charge in [-0.05, 0) is 78.2 Å². The van der Waals surface area contributed by atoms with E-state index in [0.717, 1.165) is 21.2 Å². The van der Waals surface area contributed by atoms with Gasteiger partial charge in [0.1, 0.15) is 12.4 Å². The first kappa shape index (κ1) is 29.7. The second kappa shape index (κ2) is 12.6. The van der Waals surface area contributed by atoms with Crippen LogP contribution in [0.2, 0.25) is 0 Å². The molecule has 7 nitrogen and oxygen atoms in total. The maximum Gasteiger partial charge on any atom is 0.338 e. The van der Waals surface area contributed by atoms with E-state index in [1.807, 2.05) is 55.5 Å². The van der Waals surface area contributed by atoms with Crippen molar-refractivity contribution >= 4 is 55.2 Å². The van der Waals surface area contributed by atoms with E-state index in [9.17, 15) is 9.59 Å². The lowest BCUT2D eigenvalue weighted by molar-refractivity contribution is -0.139. The number of hydrogen-bond donors (Lipinski definition) is 0. The summed E-state index contributed by atoms with van der Waals surface area (Å²) in [6.07, 6.45) is 1.78. The minimum Gasteiger partial charge on any atom is -0.487 e. The molecule has 42 heavy (non-hydrogen) atoms. The average Bonchev–Trinajstić information content (AvgIpc) is 3.26. The molecular formula is C32H25Br2N3O4S. The van der Waals surface area contributed by atoms with Crippen LogP contribution < -0.4 is 19.6 Å². The molecule has 0 bridgehead atoms. The van der Waals surface area contributed by atoms with Crippen LogP contribution >= 0.6 is 43.2 Å². The Hall–Kier alpha value is -3.78. The Morgan fingerprint density at radius 2 is 1.83 bits per heavy atom. The van der Waals surface area contributed by atoms with E-state index in [1.54, 1.807) is 36.6 Å². The summed E-state index contributed by atoms with van der Waals surface area (Å²) in [5.41, 5.74) is 4.61. The second-order valence-corrected chi connectivity index (χ2v) is 12.4. The number of benzene rings is 3. The fraction of sp³-hybridized carbons (Fsp3) is 0.188. The number of carbonyl (C=O) groups excluding carboxylic acids is 1. The molecule has 3 aromatic carbocycles. The molecule has 10 heteroatoms. The van der Waals surface area contributed by atoms with E-state index in [2.05, 4.69) is 42.9 Å². The van der Waals surface area contributed by atoms with Gasteiger partial charge >= 0.3 is 5.97 Å². The highest BCUT2D eigenvalue weighted by Gasteiger charge is 2.33. The molecule has 0 radical (unpaired) electrons. The van der Waals surface area contributed by atoms with Crippen molar-refractivity contribution in [1.29, 1.82) is 5.26 Å². The van der Waals surface area contributed by atoms with Gasteiger partial charge in [0.2, 0.25) is 0 Å². The maximum atomic E-state index is 14.0. The molecule has 0 aliphatic carbocycles. The molecule has 0 saturated carbocycles.